The van der Waals surface area contributed by atoms with Crippen LogP contribution in [0.1, 0.15) is 33.9 Å². The Balaban J connectivity index is 1.76. The summed E-state index contributed by atoms with van der Waals surface area (Å²) in [5, 5.41) is 6.19. The van der Waals surface area contributed by atoms with Crippen molar-refractivity contribution >= 4 is 24.4 Å². The Hall–Kier alpha value is -2.55. The summed E-state index contributed by atoms with van der Waals surface area (Å²) in [6, 6.07) is 14.0. The zero-order valence-corrected chi connectivity index (χ0v) is 17.6. The summed E-state index contributed by atoms with van der Waals surface area (Å²) >= 11 is 4.22. The maximum Gasteiger partial charge on any atom is 0.255 e. The number of carbonyl (C=O) groups is 2. The zero-order chi connectivity index (χ0) is 21.5. The van der Waals surface area contributed by atoms with Gasteiger partial charge >= 0.3 is 0 Å². The molecule has 3 rings (SSSR count). The summed E-state index contributed by atoms with van der Waals surface area (Å²) in [5.74, 6) is 0.139. The first-order valence-electron chi connectivity index (χ1n) is 9.99. The molecular formula is C22H28N4O3S. The Morgan fingerprint density at radius 3 is 2.63 bits per heavy atom. The quantitative estimate of drug-likeness (QED) is 0.384. The normalized spacial score (nSPS) is 17.3. The summed E-state index contributed by atoms with van der Waals surface area (Å²) in [6.45, 7) is 1.10. The lowest BCUT2D eigenvalue weighted by Gasteiger charge is -2.29. The van der Waals surface area contributed by atoms with Crippen LogP contribution in [0.5, 0.6) is 5.75 Å². The van der Waals surface area contributed by atoms with Gasteiger partial charge in [-0.1, -0.05) is 42.5 Å². The van der Waals surface area contributed by atoms with E-state index in [0.717, 1.165) is 17.5 Å². The molecule has 30 heavy (non-hydrogen) atoms. The van der Waals surface area contributed by atoms with Gasteiger partial charge in [0, 0.05) is 42.8 Å². The summed E-state index contributed by atoms with van der Waals surface area (Å²) in [4.78, 5) is 24.9. The molecule has 6 N–H and O–H groups in total. The fourth-order valence-electron chi connectivity index (χ4n) is 3.48. The first kappa shape index (κ1) is 22.1. The molecule has 2 aromatic carbocycles. The average molecular weight is 429 g/mol. The molecule has 1 heterocycles. The van der Waals surface area contributed by atoms with Crippen LogP contribution in [0.15, 0.2) is 48.5 Å². The summed E-state index contributed by atoms with van der Waals surface area (Å²) in [6.07, 6.45) is 1.10. The van der Waals surface area contributed by atoms with Crippen LogP contribution >= 0.6 is 12.6 Å². The number of fused-ring (bicyclic) bond motifs is 1. The van der Waals surface area contributed by atoms with Crippen LogP contribution in [0.2, 0.25) is 0 Å². The Morgan fingerprint density at radius 1 is 1.17 bits per heavy atom. The van der Waals surface area contributed by atoms with E-state index in [9.17, 15) is 9.59 Å². The van der Waals surface area contributed by atoms with Gasteiger partial charge in [-0.25, -0.2) is 0 Å². The molecule has 0 saturated heterocycles. The van der Waals surface area contributed by atoms with Crippen LogP contribution in [0.3, 0.4) is 0 Å². The first-order chi connectivity index (χ1) is 14.5. The van der Waals surface area contributed by atoms with E-state index in [4.69, 9.17) is 16.2 Å². The number of carbonyl (C=O) groups excluding carboxylic acids is 2. The smallest absolute Gasteiger partial charge is 0.255 e. The molecule has 160 valence electrons. The molecule has 0 saturated carbocycles. The molecule has 3 atom stereocenters. The second-order valence-corrected chi connectivity index (χ2v) is 7.75. The van der Waals surface area contributed by atoms with Gasteiger partial charge in [0.2, 0.25) is 5.91 Å². The minimum absolute atomic E-state index is 0.0312. The highest BCUT2D eigenvalue weighted by molar-refractivity contribution is 7.80. The predicted molar refractivity (Wildman–Crippen MR) is 120 cm³/mol. The maximum absolute atomic E-state index is 13.0. The van der Waals surface area contributed by atoms with E-state index < -0.39 is 11.9 Å². The van der Waals surface area contributed by atoms with Crippen molar-refractivity contribution in [2.75, 3.05) is 18.9 Å². The largest absolute Gasteiger partial charge is 0.492 e. The Labute approximate surface area is 182 Å². The van der Waals surface area contributed by atoms with Crippen molar-refractivity contribution in [2.45, 2.75) is 31.0 Å². The van der Waals surface area contributed by atoms with Crippen molar-refractivity contribution < 1.29 is 14.3 Å². The molecule has 0 fully saturated rings. The van der Waals surface area contributed by atoms with Gasteiger partial charge in [0.1, 0.15) is 11.8 Å². The summed E-state index contributed by atoms with van der Waals surface area (Å²) < 4.78 is 5.84. The Morgan fingerprint density at radius 2 is 1.93 bits per heavy atom. The molecule has 2 amide bonds. The monoisotopic (exact) mass is 428 g/mol. The van der Waals surface area contributed by atoms with Gasteiger partial charge < -0.3 is 26.8 Å². The van der Waals surface area contributed by atoms with E-state index in [1.165, 1.54) is 0 Å². The second-order valence-electron chi connectivity index (χ2n) is 7.38. The lowest BCUT2D eigenvalue weighted by Crippen LogP contribution is -2.46. The molecule has 1 aliphatic heterocycles. The third-order valence-corrected chi connectivity index (χ3v) is 5.58. The van der Waals surface area contributed by atoms with Crippen molar-refractivity contribution in [3.8, 4) is 5.75 Å². The third-order valence-electron chi connectivity index (χ3n) is 5.11. The molecule has 0 aromatic heterocycles. The van der Waals surface area contributed by atoms with Crippen molar-refractivity contribution in [3.05, 3.63) is 65.2 Å². The fourth-order valence-corrected chi connectivity index (χ4v) is 3.61. The molecule has 8 heteroatoms. The number of amides is 2. The molecule has 0 bridgehead atoms. The van der Waals surface area contributed by atoms with Gasteiger partial charge in [-0.2, -0.15) is 12.6 Å². The first-order valence-corrected chi connectivity index (χ1v) is 10.6. The average Bonchev–Trinajstić information content (AvgIpc) is 2.77. The van der Waals surface area contributed by atoms with Gasteiger partial charge in [-0.3, -0.25) is 9.59 Å². The summed E-state index contributed by atoms with van der Waals surface area (Å²) in [5.41, 5.74) is 13.7. The Bertz CT molecular complexity index is 878. The lowest BCUT2D eigenvalue weighted by molar-refractivity contribution is -0.119. The number of para-hydroxylation sites is 1. The third kappa shape index (κ3) is 5.53. The molecule has 7 nitrogen and oxygen atoms in total. The molecule has 0 radical (unpaired) electrons. The molecule has 2 unspecified atom stereocenters. The molecular weight excluding hydrogens is 400 g/mol. The van der Waals surface area contributed by atoms with Gasteiger partial charge in [0.25, 0.3) is 5.91 Å². The Kier molecular flexibility index (Phi) is 7.73. The molecule has 0 spiro atoms. The second kappa shape index (κ2) is 10.5. The number of hydrogen-bond donors (Lipinski definition) is 5. The van der Waals surface area contributed by atoms with Crippen LogP contribution in [0.25, 0.3) is 0 Å². The van der Waals surface area contributed by atoms with Crippen LogP contribution < -0.4 is 26.8 Å². The topological polar surface area (TPSA) is 119 Å². The van der Waals surface area contributed by atoms with Gasteiger partial charge in [-0.15, -0.1) is 0 Å². The van der Waals surface area contributed by atoms with Crippen molar-refractivity contribution in [2.24, 2.45) is 11.5 Å². The van der Waals surface area contributed by atoms with Crippen molar-refractivity contribution in [3.63, 3.8) is 0 Å². The van der Waals surface area contributed by atoms with Crippen LogP contribution in [-0.2, 0) is 11.2 Å². The number of primary amides is 1. The fraction of sp³-hybridized carbons (Fsp3) is 0.364. The number of benzene rings is 2. The number of hydrogen-bond acceptors (Lipinski definition) is 6. The highest BCUT2D eigenvalue weighted by Gasteiger charge is 2.28. The van der Waals surface area contributed by atoms with E-state index >= 15 is 0 Å². The van der Waals surface area contributed by atoms with E-state index in [1.54, 1.807) is 6.07 Å². The van der Waals surface area contributed by atoms with Gasteiger partial charge in [0.05, 0.1) is 12.2 Å². The van der Waals surface area contributed by atoms with E-state index in [-0.39, 0.29) is 18.0 Å². The van der Waals surface area contributed by atoms with Crippen molar-refractivity contribution in [1.82, 2.24) is 10.6 Å². The lowest BCUT2D eigenvalue weighted by atomic mass is 9.96. The minimum atomic E-state index is -0.818. The highest BCUT2D eigenvalue weighted by atomic mass is 32.1. The van der Waals surface area contributed by atoms with Crippen molar-refractivity contribution in [1.29, 1.82) is 0 Å². The van der Waals surface area contributed by atoms with E-state index in [0.29, 0.717) is 36.6 Å². The molecule has 1 aliphatic rings. The van der Waals surface area contributed by atoms with Crippen LogP contribution in [0, 0.1) is 0 Å². The SMILES string of the molecule is NC(=O)[C@H](Cc1ccccc1)NC(=O)c1cccc2c1OCCC2NCC(N)CS. The number of thiol groups is 1. The number of ether oxygens (including phenoxy) is 1. The number of nitrogens with two attached hydrogens (primary N) is 2. The number of nitrogens with one attached hydrogen (secondary N) is 2. The van der Waals surface area contributed by atoms with Crippen LogP contribution in [0.4, 0.5) is 0 Å². The minimum Gasteiger partial charge on any atom is -0.492 e. The number of rotatable bonds is 9. The van der Waals surface area contributed by atoms with E-state index in [1.807, 2.05) is 42.5 Å². The van der Waals surface area contributed by atoms with Gasteiger partial charge in [0.15, 0.2) is 0 Å². The molecule has 2 aromatic rings. The molecule has 0 aliphatic carbocycles. The van der Waals surface area contributed by atoms with Gasteiger partial charge in [-0.05, 0) is 11.6 Å². The standard InChI is InChI=1S/C22H28N4O3S/c23-15(13-30)12-25-18-9-10-29-20-16(18)7-4-8-17(20)22(28)26-19(21(24)27)11-14-5-2-1-3-6-14/h1-8,15,18-19,25,30H,9-13,23H2,(H2,24,27)(H,26,28)/t15?,18?,19-/m0/s1. The zero-order valence-electron chi connectivity index (χ0n) is 16.7. The van der Waals surface area contributed by atoms with E-state index in [2.05, 4.69) is 23.3 Å². The predicted octanol–water partition coefficient (Wildman–Crippen LogP) is 1.18. The maximum atomic E-state index is 13.0. The van der Waals surface area contributed by atoms with Crippen LogP contribution in [-0.4, -0.2) is 42.8 Å². The summed E-state index contributed by atoms with van der Waals surface area (Å²) in [7, 11) is 0. The highest BCUT2D eigenvalue weighted by Crippen LogP contribution is 2.35.